The van der Waals surface area contributed by atoms with Gasteiger partial charge in [-0.25, -0.2) is 4.68 Å². The predicted molar refractivity (Wildman–Crippen MR) is 106 cm³/mol. The average Bonchev–Trinajstić information content (AvgIpc) is 3.50. The van der Waals surface area contributed by atoms with E-state index in [2.05, 4.69) is 10.4 Å². The molecule has 0 radical (unpaired) electrons. The molecule has 144 valence electrons. The Bertz CT molecular complexity index is 947. The van der Waals surface area contributed by atoms with Crippen molar-refractivity contribution in [2.24, 2.45) is 0 Å². The molecule has 4 rings (SSSR count). The van der Waals surface area contributed by atoms with Crippen LogP contribution in [-0.4, -0.2) is 34.4 Å². The summed E-state index contributed by atoms with van der Waals surface area (Å²) in [6.07, 6.45) is 1.43. The second kappa shape index (κ2) is 7.86. The number of nitrogens with zero attached hydrogens (tertiary/aromatic N) is 2. The van der Waals surface area contributed by atoms with Gasteiger partial charge >= 0.3 is 0 Å². The first-order valence-electron chi connectivity index (χ1n) is 9.41. The van der Waals surface area contributed by atoms with Crippen molar-refractivity contribution in [3.63, 3.8) is 0 Å². The van der Waals surface area contributed by atoms with Crippen molar-refractivity contribution >= 4 is 5.91 Å². The molecule has 1 aromatic heterocycles. The first kappa shape index (κ1) is 18.3. The van der Waals surface area contributed by atoms with E-state index < -0.39 is 6.10 Å². The van der Waals surface area contributed by atoms with Crippen LogP contribution in [-0.2, 0) is 0 Å². The fourth-order valence-electron chi connectivity index (χ4n) is 3.13. The molecule has 1 saturated carbocycles. The second-order valence-electron chi connectivity index (χ2n) is 6.98. The van der Waals surface area contributed by atoms with Gasteiger partial charge in [-0.15, -0.1) is 0 Å². The topological polar surface area (TPSA) is 76.4 Å². The van der Waals surface area contributed by atoms with Gasteiger partial charge in [0.15, 0.2) is 0 Å². The molecule has 1 amide bonds. The number of methoxy groups -OCH3 is 1. The van der Waals surface area contributed by atoms with Gasteiger partial charge in [-0.3, -0.25) is 4.79 Å². The zero-order chi connectivity index (χ0) is 19.5. The largest absolute Gasteiger partial charge is 0.497 e. The molecule has 1 heterocycles. The lowest BCUT2D eigenvalue weighted by atomic mass is 10.1. The highest BCUT2D eigenvalue weighted by molar-refractivity contribution is 5.93. The van der Waals surface area contributed by atoms with Crippen LogP contribution in [0.3, 0.4) is 0 Å². The van der Waals surface area contributed by atoms with Crippen LogP contribution in [0.15, 0.2) is 60.7 Å². The highest BCUT2D eigenvalue weighted by atomic mass is 16.5. The van der Waals surface area contributed by atoms with E-state index in [4.69, 9.17) is 4.74 Å². The molecule has 6 heteroatoms. The molecule has 28 heavy (non-hydrogen) atoms. The van der Waals surface area contributed by atoms with E-state index in [1.54, 1.807) is 36.1 Å². The van der Waals surface area contributed by atoms with Crippen LogP contribution in [0, 0.1) is 0 Å². The van der Waals surface area contributed by atoms with Gasteiger partial charge in [-0.05, 0) is 48.7 Å². The van der Waals surface area contributed by atoms with Gasteiger partial charge in [0.2, 0.25) is 0 Å². The Morgan fingerprint density at radius 1 is 1.21 bits per heavy atom. The Morgan fingerprint density at radius 3 is 2.57 bits per heavy atom. The lowest BCUT2D eigenvalue weighted by Gasteiger charge is -2.13. The average molecular weight is 377 g/mol. The number of aromatic nitrogens is 2. The number of carbonyl (C=O) groups is 1. The van der Waals surface area contributed by atoms with Crippen molar-refractivity contribution in [3.05, 3.63) is 77.6 Å². The summed E-state index contributed by atoms with van der Waals surface area (Å²) in [5.41, 5.74) is 2.99. The quantitative estimate of drug-likeness (QED) is 0.663. The number of para-hydroxylation sites is 1. The molecule has 2 aromatic carbocycles. The highest BCUT2D eigenvalue weighted by Crippen LogP contribution is 2.39. The first-order valence-corrected chi connectivity index (χ1v) is 9.41. The maximum Gasteiger partial charge on any atom is 0.270 e. The first-order chi connectivity index (χ1) is 13.7. The Kier molecular flexibility index (Phi) is 5.12. The fourth-order valence-corrected chi connectivity index (χ4v) is 3.13. The maximum atomic E-state index is 12.8. The summed E-state index contributed by atoms with van der Waals surface area (Å²) in [5.74, 6) is 0.913. The van der Waals surface area contributed by atoms with Gasteiger partial charge in [0.25, 0.3) is 5.91 Å². The van der Waals surface area contributed by atoms with Gasteiger partial charge in [0, 0.05) is 12.5 Å². The van der Waals surface area contributed by atoms with Crippen LogP contribution in [0.25, 0.3) is 5.69 Å². The van der Waals surface area contributed by atoms with Gasteiger partial charge in [0.05, 0.1) is 24.6 Å². The third kappa shape index (κ3) is 3.92. The summed E-state index contributed by atoms with van der Waals surface area (Å²) in [7, 11) is 1.59. The minimum atomic E-state index is -0.800. The maximum absolute atomic E-state index is 12.8. The summed E-state index contributed by atoms with van der Waals surface area (Å²) < 4.78 is 6.81. The van der Waals surface area contributed by atoms with Crippen molar-refractivity contribution in [2.45, 2.75) is 24.9 Å². The van der Waals surface area contributed by atoms with Crippen LogP contribution in [0.2, 0.25) is 0 Å². The number of aliphatic hydroxyl groups is 1. The summed E-state index contributed by atoms with van der Waals surface area (Å²) in [6.45, 7) is 0.115. The smallest absolute Gasteiger partial charge is 0.270 e. The number of nitrogens with one attached hydrogen (secondary N) is 1. The van der Waals surface area contributed by atoms with Crippen molar-refractivity contribution < 1.29 is 14.6 Å². The zero-order valence-electron chi connectivity index (χ0n) is 15.7. The molecule has 0 unspecified atom stereocenters. The Balaban J connectivity index is 1.49. The second-order valence-corrected chi connectivity index (χ2v) is 6.98. The van der Waals surface area contributed by atoms with E-state index in [0.29, 0.717) is 11.6 Å². The lowest BCUT2D eigenvalue weighted by Crippen LogP contribution is -2.30. The van der Waals surface area contributed by atoms with Gasteiger partial charge in [0.1, 0.15) is 11.4 Å². The number of amides is 1. The van der Waals surface area contributed by atoms with Crippen LogP contribution >= 0.6 is 0 Å². The van der Waals surface area contributed by atoms with Crippen molar-refractivity contribution in [2.75, 3.05) is 13.7 Å². The van der Waals surface area contributed by atoms with Gasteiger partial charge < -0.3 is 15.2 Å². The van der Waals surface area contributed by atoms with E-state index in [1.807, 2.05) is 36.4 Å². The Hall–Kier alpha value is -3.12. The number of carbonyl (C=O) groups excluding carboxylic acids is 1. The summed E-state index contributed by atoms with van der Waals surface area (Å²) in [6, 6.07) is 18.6. The van der Waals surface area contributed by atoms with E-state index in [0.717, 1.165) is 35.5 Å². The van der Waals surface area contributed by atoms with Crippen molar-refractivity contribution in [1.29, 1.82) is 0 Å². The molecule has 1 aliphatic rings. The SMILES string of the molecule is COc1ccc([C@H](O)CNC(=O)c2cc(C3CC3)nn2-c2ccccc2)cc1. The molecule has 0 spiro atoms. The van der Waals surface area contributed by atoms with Crippen LogP contribution in [0.1, 0.15) is 46.6 Å². The molecule has 1 atom stereocenters. The van der Waals surface area contributed by atoms with Crippen LogP contribution in [0.4, 0.5) is 0 Å². The Morgan fingerprint density at radius 2 is 1.93 bits per heavy atom. The molecular weight excluding hydrogens is 354 g/mol. The third-order valence-electron chi connectivity index (χ3n) is 4.91. The van der Waals surface area contributed by atoms with E-state index in [9.17, 15) is 9.90 Å². The number of aliphatic hydroxyl groups excluding tert-OH is 1. The summed E-state index contributed by atoms with van der Waals surface area (Å²) in [5, 5.41) is 17.9. The standard InChI is InChI=1S/C22H23N3O3/c1-28-18-11-9-16(10-12-18)21(26)14-23-22(27)20-13-19(15-7-8-15)24-25(20)17-5-3-2-4-6-17/h2-6,9-13,15,21,26H,7-8,14H2,1H3,(H,23,27)/t21-/m1/s1. The zero-order valence-corrected chi connectivity index (χ0v) is 15.7. The number of hydrogen-bond acceptors (Lipinski definition) is 4. The van der Waals surface area contributed by atoms with Gasteiger partial charge in [-0.1, -0.05) is 30.3 Å². The number of hydrogen-bond donors (Lipinski definition) is 2. The third-order valence-corrected chi connectivity index (χ3v) is 4.91. The van der Waals surface area contributed by atoms with E-state index in [-0.39, 0.29) is 12.5 Å². The number of rotatable bonds is 7. The van der Waals surface area contributed by atoms with Gasteiger partial charge in [-0.2, -0.15) is 5.10 Å². The normalized spacial score (nSPS) is 14.5. The monoisotopic (exact) mass is 377 g/mol. The molecule has 6 nitrogen and oxygen atoms in total. The number of benzene rings is 2. The van der Waals surface area contributed by atoms with Crippen LogP contribution < -0.4 is 10.1 Å². The van der Waals surface area contributed by atoms with E-state index >= 15 is 0 Å². The molecule has 0 bridgehead atoms. The fraction of sp³-hybridized carbons (Fsp3) is 0.273. The lowest BCUT2D eigenvalue weighted by molar-refractivity contribution is 0.0908. The molecule has 1 aliphatic carbocycles. The minimum absolute atomic E-state index is 0.115. The van der Waals surface area contributed by atoms with Crippen LogP contribution in [0.5, 0.6) is 5.75 Å². The Labute approximate surface area is 163 Å². The summed E-state index contributed by atoms with van der Waals surface area (Å²) >= 11 is 0. The molecule has 0 aliphatic heterocycles. The van der Waals surface area contributed by atoms with E-state index in [1.165, 1.54) is 0 Å². The van der Waals surface area contributed by atoms with Crippen molar-refractivity contribution in [3.8, 4) is 11.4 Å². The molecule has 3 aromatic rings. The molecule has 2 N–H and O–H groups in total. The molecular formula is C22H23N3O3. The molecule has 0 saturated heterocycles. The minimum Gasteiger partial charge on any atom is -0.497 e. The molecule has 1 fully saturated rings. The highest BCUT2D eigenvalue weighted by Gasteiger charge is 2.29. The predicted octanol–water partition coefficient (Wildman–Crippen LogP) is 3.22. The summed E-state index contributed by atoms with van der Waals surface area (Å²) in [4.78, 5) is 12.8. The van der Waals surface area contributed by atoms with Crippen molar-refractivity contribution in [1.82, 2.24) is 15.1 Å². The number of ether oxygens (including phenoxy) is 1.